The van der Waals surface area contributed by atoms with Crippen molar-refractivity contribution >= 4 is 39.8 Å². The molecule has 202 valence electrons. The first-order valence-corrected chi connectivity index (χ1v) is 13.4. The van der Waals surface area contributed by atoms with E-state index in [4.69, 9.17) is 28.4 Å². The van der Waals surface area contributed by atoms with E-state index in [9.17, 15) is 19.2 Å². The number of alkyl halides is 1. The van der Waals surface area contributed by atoms with E-state index in [0.29, 0.717) is 37.4 Å². The third-order valence-electron chi connectivity index (χ3n) is 5.21. The number of methoxy groups -OCH3 is 1. The molecule has 0 aromatic heterocycles. The molecule has 11 heteroatoms. The fourth-order valence-electron chi connectivity index (χ4n) is 3.60. The Balaban J connectivity index is 3.33. The molecule has 0 aliphatic carbocycles. The van der Waals surface area contributed by atoms with Gasteiger partial charge in [0.15, 0.2) is 24.6 Å². The number of rotatable bonds is 16. The Labute approximate surface area is 215 Å². The SMILES string of the molecule is CCCC(=O)O[C@H]1[C@H](OC(=O)CCC)[C@@H](OC(=O)CCC)C(OCCBr)O[C@@H]1CCCC(=O)OC. The highest BCUT2D eigenvalue weighted by molar-refractivity contribution is 9.09. The van der Waals surface area contributed by atoms with Crippen molar-refractivity contribution in [2.24, 2.45) is 0 Å². The predicted octanol–water partition coefficient (Wildman–Crippen LogP) is 3.60. The molecule has 1 heterocycles. The fourth-order valence-corrected chi connectivity index (χ4v) is 3.79. The summed E-state index contributed by atoms with van der Waals surface area (Å²) in [5, 5.41) is 0.491. The summed E-state index contributed by atoms with van der Waals surface area (Å²) < 4.78 is 33.8. The number of esters is 4. The van der Waals surface area contributed by atoms with Crippen LogP contribution in [0.1, 0.15) is 78.6 Å². The summed E-state index contributed by atoms with van der Waals surface area (Å²) in [7, 11) is 1.30. The Morgan fingerprint density at radius 2 is 1.26 bits per heavy atom. The van der Waals surface area contributed by atoms with Crippen molar-refractivity contribution in [2.75, 3.05) is 19.0 Å². The van der Waals surface area contributed by atoms with Crippen molar-refractivity contribution in [2.45, 2.75) is 109 Å². The number of hydrogen-bond acceptors (Lipinski definition) is 10. The molecule has 0 aromatic carbocycles. The minimum atomic E-state index is -1.13. The maximum atomic E-state index is 12.5. The molecule has 5 atom stereocenters. The monoisotopic (exact) mass is 566 g/mol. The zero-order chi connectivity index (χ0) is 26.2. The average molecular weight is 567 g/mol. The predicted molar refractivity (Wildman–Crippen MR) is 129 cm³/mol. The Morgan fingerprint density at radius 3 is 1.74 bits per heavy atom. The van der Waals surface area contributed by atoms with Crippen LogP contribution in [0, 0.1) is 0 Å². The summed E-state index contributed by atoms with van der Waals surface area (Å²) >= 11 is 3.30. The van der Waals surface area contributed by atoms with Gasteiger partial charge in [-0.3, -0.25) is 19.2 Å². The average Bonchev–Trinajstić information content (AvgIpc) is 2.81. The van der Waals surface area contributed by atoms with E-state index in [1.54, 1.807) is 0 Å². The molecule has 1 aliphatic heterocycles. The van der Waals surface area contributed by atoms with Crippen molar-refractivity contribution in [1.29, 1.82) is 0 Å². The third kappa shape index (κ3) is 11.3. The summed E-state index contributed by atoms with van der Waals surface area (Å²) in [5.41, 5.74) is 0. The van der Waals surface area contributed by atoms with Gasteiger partial charge in [0.1, 0.15) is 6.10 Å². The van der Waals surface area contributed by atoms with Gasteiger partial charge in [0.25, 0.3) is 0 Å². The lowest BCUT2D eigenvalue weighted by Gasteiger charge is -2.44. The molecule has 0 N–H and O–H groups in total. The lowest BCUT2D eigenvalue weighted by molar-refractivity contribution is -0.304. The van der Waals surface area contributed by atoms with Crippen molar-refractivity contribution in [3.05, 3.63) is 0 Å². The zero-order valence-electron chi connectivity index (χ0n) is 21.1. The molecule has 0 spiro atoms. The van der Waals surface area contributed by atoms with Gasteiger partial charge in [0.2, 0.25) is 0 Å². The Hall–Kier alpha value is -1.72. The van der Waals surface area contributed by atoms with Gasteiger partial charge in [-0.25, -0.2) is 0 Å². The van der Waals surface area contributed by atoms with Gasteiger partial charge in [0.05, 0.1) is 13.7 Å². The van der Waals surface area contributed by atoms with E-state index >= 15 is 0 Å². The van der Waals surface area contributed by atoms with Crippen molar-refractivity contribution < 1.29 is 47.6 Å². The number of hydrogen-bond donors (Lipinski definition) is 0. The van der Waals surface area contributed by atoms with Crippen molar-refractivity contribution in [3.63, 3.8) is 0 Å². The molecule has 0 saturated carbocycles. The lowest BCUT2D eigenvalue weighted by Crippen LogP contribution is -2.62. The maximum absolute atomic E-state index is 12.5. The normalized spacial score (nSPS) is 23.9. The second-order valence-electron chi connectivity index (χ2n) is 8.18. The van der Waals surface area contributed by atoms with Crippen LogP contribution in [0.25, 0.3) is 0 Å². The smallest absolute Gasteiger partial charge is 0.306 e. The molecule has 1 fully saturated rings. The molecule has 0 radical (unpaired) electrons. The first-order valence-electron chi connectivity index (χ1n) is 12.3. The van der Waals surface area contributed by atoms with Gasteiger partial charge < -0.3 is 28.4 Å². The van der Waals surface area contributed by atoms with Crippen molar-refractivity contribution in [1.82, 2.24) is 0 Å². The first kappa shape index (κ1) is 31.3. The highest BCUT2D eigenvalue weighted by Gasteiger charge is 2.52. The van der Waals surface area contributed by atoms with Crippen LogP contribution >= 0.6 is 15.9 Å². The Bertz CT molecular complexity index is 671. The fraction of sp³-hybridized carbons (Fsp3) is 0.833. The van der Waals surface area contributed by atoms with Gasteiger partial charge in [-0.15, -0.1) is 0 Å². The van der Waals surface area contributed by atoms with Crippen LogP contribution in [-0.2, 0) is 47.6 Å². The van der Waals surface area contributed by atoms with Crippen LogP contribution < -0.4 is 0 Å². The van der Waals surface area contributed by atoms with Crippen LogP contribution in [0.2, 0.25) is 0 Å². The minimum absolute atomic E-state index is 0.133. The van der Waals surface area contributed by atoms with E-state index in [1.807, 2.05) is 20.8 Å². The molecule has 1 rings (SSSR count). The molecule has 0 amide bonds. The molecule has 35 heavy (non-hydrogen) atoms. The van der Waals surface area contributed by atoms with E-state index in [2.05, 4.69) is 15.9 Å². The minimum Gasteiger partial charge on any atom is -0.469 e. The third-order valence-corrected chi connectivity index (χ3v) is 5.54. The van der Waals surface area contributed by atoms with E-state index in [-0.39, 0.29) is 38.3 Å². The largest absolute Gasteiger partial charge is 0.469 e. The molecule has 1 saturated heterocycles. The van der Waals surface area contributed by atoms with E-state index in [0.717, 1.165) is 0 Å². The van der Waals surface area contributed by atoms with Crippen LogP contribution in [0.4, 0.5) is 0 Å². The summed E-state index contributed by atoms with van der Waals surface area (Å²) in [6.45, 7) is 5.74. The first-order chi connectivity index (χ1) is 16.8. The summed E-state index contributed by atoms with van der Waals surface area (Å²) in [6, 6.07) is 0. The molecular weight excluding hydrogens is 528 g/mol. The molecule has 0 bridgehead atoms. The summed E-state index contributed by atoms with van der Waals surface area (Å²) in [5.74, 6) is -1.90. The standard InChI is InChI=1S/C24H39BrO10/c1-5-9-18(27)33-21-16(12-8-13-17(26)30-4)32-24(31-15-14-25)23(35-20(29)11-7-3)22(21)34-19(28)10-6-2/h16,21-24H,5-15H2,1-4H3/t16-,21-,22+,23-,24?/m1/s1. The zero-order valence-corrected chi connectivity index (χ0v) is 22.7. The van der Waals surface area contributed by atoms with Gasteiger partial charge in [0, 0.05) is 31.0 Å². The van der Waals surface area contributed by atoms with E-state index in [1.165, 1.54) is 7.11 Å². The number of halogens is 1. The molecule has 10 nitrogen and oxygen atoms in total. The van der Waals surface area contributed by atoms with Gasteiger partial charge in [-0.1, -0.05) is 36.7 Å². The van der Waals surface area contributed by atoms with Gasteiger partial charge >= 0.3 is 23.9 Å². The molecule has 1 unspecified atom stereocenters. The van der Waals surface area contributed by atoms with Crippen LogP contribution in [0.15, 0.2) is 0 Å². The Morgan fingerprint density at radius 1 is 0.743 bits per heavy atom. The molecule has 1 aliphatic rings. The maximum Gasteiger partial charge on any atom is 0.306 e. The van der Waals surface area contributed by atoms with Crippen LogP contribution in [0.3, 0.4) is 0 Å². The van der Waals surface area contributed by atoms with Crippen LogP contribution in [-0.4, -0.2) is 73.6 Å². The quantitative estimate of drug-likeness (QED) is 0.155. The van der Waals surface area contributed by atoms with Crippen molar-refractivity contribution in [3.8, 4) is 0 Å². The second-order valence-corrected chi connectivity index (χ2v) is 8.98. The molecule has 0 aromatic rings. The highest BCUT2D eigenvalue weighted by Crippen LogP contribution is 2.32. The molecular formula is C24H39BrO10. The highest BCUT2D eigenvalue weighted by atomic mass is 79.9. The Kier molecular flexibility index (Phi) is 15.8. The van der Waals surface area contributed by atoms with E-state index < -0.39 is 48.6 Å². The summed E-state index contributed by atoms with van der Waals surface area (Å²) in [4.78, 5) is 49.1. The number of ether oxygens (including phenoxy) is 6. The lowest BCUT2D eigenvalue weighted by atomic mass is 9.94. The number of carbonyl (C=O) groups is 4. The number of carbonyl (C=O) groups excluding carboxylic acids is 4. The van der Waals surface area contributed by atoms with Gasteiger partial charge in [-0.2, -0.15) is 0 Å². The summed E-state index contributed by atoms with van der Waals surface area (Å²) in [6.07, 6.45) is -2.20. The second kappa shape index (κ2) is 17.7. The van der Waals surface area contributed by atoms with Gasteiger partial charge in [-0.05, 0) is 32.1 Å². The topological polar surface area (TPSA) is 124 Å². The van der Waals surface area contributed by atoms with Crippen LogP contribution in [0.5, 0.6) is 0 Å².